The van der Waals surface area contributed by atoms with Gasteiger partial charge in [-0.1, -0.05) is 65.2 Å². The lowest BCUT2D eigenvalue weighted by atomic mass is 9.97. The Morgan fingerprint density at radius 3 is 1.72 bits per heavy atom. The van der Waals surface area contributed by atoms with Gasteiger partial charge in [-0.15, -0.1) is 0 Å². The van der Waals surface area contributed by atoms with Gasteiger partial charge in [-0.3, -0.25) is 19.2 Å². The van der Waals surface area contributed by atoms with Gasteiger partial charge in [-0.2, -0.15) is 0 Å². The molecule has 1 aliphatic heterocycles. The van der Waals surface area contributed by atoms with Gasteiger partial charge in [0.15, 0.2) is 24.6 Å². The summed E-state index contributed by atoms with van der Waals surface area (Å²) in [5.41, 5.74) is 0. The minimum Gasteiger partial charge on any atom is -0.463 e. The third-order valence-electron chi connectivity index (χ3n) is 6.91. The van der Waals surface area contributed by atoms with E-state index in [-0.39, 0.29) is 12.8 Å². The van der Waals surface area contributed by atoms with Crippen LogP contribution in [0.15, 0.2) is 0 Å². The molecule has 13 nitrogen and oxygen atoms in total. The molecule has 0 saturated carbocycles. The van der Waals surface area contributed by atoms with Crippen LogP contribution in [-0.4, -0.2) is 102 Å². The molecular formula is C30H52O13. The van der Waals surface area contributed by atoms with Gasteiger partial charge in [0.2, 0.25) is 0 Å². The molecule has 0 aliphatic carbocycles. The molecule has 1 aliphatic rings. The summed E-state index contributed by atoms with van der Waals surface area (Å²) in [5.74, 6) is -2.65. The molecule has 1 heterocycles. The predicted molar refractivity (Wildman–Crippen MR) is 152 cm³/mol. The molecule has 0 aromatic heterocycles. The molecule has 1 rings (SSSR count). The zero-order valence-electron chi connectivity index (χ0n) is 26.1. The predicted octanol–water partition coefficient (Wildman–Crippen LogP) is 2.48. The van der Waals surface area contributed by atoms with E-state index in [9.17, 15) is 34.5 Å². The highest BCUT2D eigenvalue weighted by Gasteiger charge is 2.53. The largest absolute Gasteiger partial charge is 0.463 e. The number of aliphatic hydroxyl groups excluding tert-OH is 3. The lowest BCUT2D eigenvalue weighted by Crippen LogP contribution is -2.63. The van der Waals surface area contributed by atoms with Crippen molar-refractivity contribution in [3.8, 4) is 0 Å². The third kappa shape index (κ3) is 15.8. The van der Waals surface area contributed by atoms with Gasteiger partial charge in [0, 0.05) is 26.7 Å². The third-order valence-corrected chi connectivity index (χ3v) is 6.91. The van der Waals surface area contributed by atoms with E-state index in [1.807, 2.05) is 0 Å². The molecule has 1 saturated heterocycles. The van der Waals surface area contributed by atoms with Crippen molar-refractivity contribution in [1.82, 2.24) is 0 Å². The fourth-order valence-electron chi connectivity index (χ4n) is 4.53. The molecular weight excluding hydrogens is 568 g/mol. The number of hydrogen-bond acceptors (Lipinski definition) is 13. The molecule has 0 amide bonds. The number of esters is 4. The number of aliphatic hydroxyl groups is 3. The molecule has 250 valence electrons. The van der Waals surface area contributed by atoms with Crippen molar-refractivity contribution in [2.75, 3.05) is 19.8 Å². The van der Waals surface area contributed by atoms with Crippen LogP contribution in [0.25, 0.3) is 0 Å². The maximum Gasteiger partial charge on any atom is 0.306 e. The van der Waals surface area contributed by atoms with Crippen LogP contribution in [0.1, 0.15) is 105 Å². The second-order valence-electron chi connectivity index (χ2n) is 10.8. The van der Waals surface area contributed by atoms with Crippen molar-refractivity contribution >= 4 is 23.9 Å². The van der Waals surface area contributed by atoms with Gasteiger partial charge in [-0.05, 0) is 12.8 Å². The molecule has 43 heavy (non-hydrogen) atoms. The zero-order chi connectivity index (χ0) is 32.2. The van der Waals surface area contributed by atoms with E-state index in [4.69, 9.17) is 28.4 Å². The minimum absolute atomic E-state index is 0.0615. The Labute approximate surface area is 254 Å². The van der Waals surface area contributed by atoms with Crippen molar-refractivity contribution in [1.29, 1.82) is 0 Å². The average molecular weight is 621 g/mol. The number of hydrogen-bond donors (Lipinski definition) is 3. The summed E-state index contributed by atoms with van der Waals surface area (Å²) < 4.78 is 33.7. The average Bonchev–Trinajstić information content (AvgIpc) is 2.96. The number of ether oxygens (including phenoxy) is 6. The van der Waals surface area contributed by atoms with Crippen molar-refractivity contribution < 1.29 is 62.9 Å². The first kappa shape index (κ1) is 38.7. The van der Waals surface area contributed by atoms with E-state index in [2.05, 4.69) is 13.8 Å². The number of rotatable bonds is 22. The molecule has 0 bridgehead atoms. The van der Waals surface area contributed by atoms with Crippen LogP contribution in [-0.2, 0) is 47.6 Å². The summed E-state index contributed by atoms with van der Waals surface area (Å²) >= 11 is 0. The second-order valence-corrected chi connectivity index (χ2v) is 10.8. The molecule has 0 unspecified atom stereocenters. The van der Waals surface area contributed by atoms with Crippen molar-refractivity contribution in [3.05, 3.63) is 0 Å². The smallest absolute Gasteiger partial charge is 0.306 e. The lowest BCUT2D eigenvalue weighted by molar-refractivity contribution is -0.312. The Hall–Kier alpha value is -2.32. The van der Waals surface area contributed by atoms with Gasteiger partial charge in [-0.25, -0.2) is 0 Å². The first-order valence-electron chi connectivity index (χ1n) is 15.5. The van der Waals surface area contributed by atoms with Crippen molar-refractivity contribution in [3.63, 3.8) is 0 Å². The van der Waals surface area contributed by atoms with Gasteiger partial charge >= 0.3 is 23.9 Å². The molecule has 0 aromatic rings. The van der Waals surface area contributed by atoms with Crippen molar-refractivity contribution in [2.24, 2.45) is 0 Å². The molecule has 0 radical (unpaired) electrons. The normalized spacial score (nSPS) is 23.2. The van der Waals surface area contributed by atoms with Crippen LogP contribution in [0.5, 0.6) is 0 Å². The number of carbonyl (C=O) groups excluding carboxylic acids is 4. The fraction of sp³-hybridized carbons (Fsp3) is 0.867. The Bertz CT molecular complexity index is 820. The Morgan fingerprint density at radius 1 is 0.698 bits per heavy atom. The Morgan fingerprint density at radius 2 is 1.23 bits per heavy atom. The Balaban J connectivity index is 3.30. The minimum atomic E-state index is -1.54. The Kier molecular flexibility index (Phi) is 20.0. The quantitative estimate of drug-likeness (QED) is 0.0912. The maximum absolute atomic E-state index is 13.0. The topological polar surface area (TPSA) is 184 Å². The van der Waals surface area contributed by atoms with E-state index in [0.717, 1.165) is 58.3 Å². The highest BCUT2D eigenvalue weighted by Crippen LogP contribution is 2.31. The monoisotopic (exact) mass is 620 g/mol. The van der Waals surface area contributed by atoms with Crippen LogP contribution >= 0.6 is 0 Å². The van der Waals surface area contributed by atoms with Crippen LogP contribution in [0.2, 0.25) is 0 Å². The highest BCUT2D eigenvalue weighted by atomic mass is 16.7. The second kappa shape index (κ2) is 22.2. The maximum atomic E-state index is 13.0. The first-order chi connectivity index (χ1) is 20.5. The molecule has 13 heteroatoms. The van der Waals surface area contributed by atoms with E-state index >= 15 is 0 Å². The van der Waals surface area contributed by atoms with Crippen LogP contribution in [0.4, 0.5) is 0 Å². The summed E-state index contributed by atoms with van der Waals surface area (Å²) in [5, 5.41) is 29.1. The molecule has 1 fully saturated rings. The van der Waals surface area contributed by atoms with Crippen molar-refractivity contribution in [2.45, 2.75) is 148 Å². The van der Waals surface area contributed by atoms with E-state index in [1.165, 1.54) is 6.92 Å². The van der Waals surface area contributed by atoms with Gasteiger partial charge in [0.25, 0.3) is 0 Å². The summed E-state index contributed by atoms with van der Waals surface area (Å²) in [7, 11) is 0. The standard InChI is InChI=1S/C30H52O13/c1-5-7-9-11-13-15-25(36)42-28-27(40-21(4)33)24(19-38-20(3)32)41-30(39-18-23(35)22(34)17-31)29(28)43-26(37)16-14-12-10-8-6-2/h22-24,27-31,34-35H,5-19H2,1-4H3/t22-,23+,24-,27-,28+,29+,30-/m1/s1. The molecule has 3 N–H and O–H groups in total. The summed E-state index contributed by atoms with van der Waals surface area (Å²) in [6.45, 7) is 4.75. The molecule has 7 atom stereocenters. The zero-order valence-corrected chi connectivity index (χ0v) is 26.1. The number of unbranched alkanes of at least 4 members (excludes halogenated alkanes) is 8. The van der Waals surface area contributed by atoms with E-state index < -0.39 is 86.6 Å². The summed E-state index contributed by atoms with van der Waals surface area (Å²) in [6.07, 6.45) is -1.01. The molecule has 0 spiro atoms. The van der Waals surface area contributed by atoms with E-state index in [1.54, 1.807) is 0 Å². The van der Waals surface area contributed by atoms with Crippen LogP contribution in [0, 0.1) is 0 Å². The number of carbonyl (C=O) groups is 4. The summed E-state index contributed by atoms with van der Waals surface area (Å²) in [4.78, 5) is 49.6. The highest BCUT2D eigenvalue weighted by molar-refractivity contribution is 5.71. The van der Waals surface area contributed by atoms with Crippen LogP contribution in [0.3, 0.4) is 0 Å². The first-order valence-corrected chi connectivity index (χ1v) is 15.5. The van der Waals surface area contributed by atoms with Gasteiger partial charge < -0.3 is 43.7 Å². The fourth-order valence-corrected chi connectivity index (χ4v) is 4.53. The van der Waals surface area contributed by atoms with Gasteiger partial charge in [0.1, 0.15) is 24.9 Å². The van der Waals surface area contributed by atoms with E-state index in [0.29, 0.717) is 12.8 Å². The summed E-state index contributed by atoms with van der Waals surface area (Å²) in [6, 6.07) is 0. The molecule has 0 aromatic carbocycles. The van der Waals surface area contributed by atoms with Crippen LogP contribution < -0.4 is 0 Å². The lowest BCUT2D eigenvalue weighted by Gasteiger charge is -2.44. The van der Waals surface area contributed by atoms with Gasteiger partial charge in [0.05, 0.1) is 13.2 Å². The SMILES string of the molecule is CCCCCCCC(=O)O[C@@H]1[C@H](OC(=O)CCCCCCC)[C@H](OC[C@H](O)[C@H](O)CO)O[C@H](COC(C)=O)[C@H]1OC(C)=O.